The van der Waals surface area contributed by atoms with Gasteiger partial charge in [-0.05, 0) is 24.3 Å². The summed E-state index contributed by atoms with van der Waals surface area (Å²) in [6.07, 6.45) is 0.965. The molecule has 0 bridgehead atoms. The predicted octanol–water partition coefficient (Wildman–Crippen LogP) is 1.88. The normalized spacial score (nSPS) is 9.18. The van der Waals surface area contributed by atoms with Gasteiger partial charge in [-0.3, -0.25) is 0 Å². The summed E-state index contributed by atoms with van der Waals surface area (Å²) in [5.41, 5.74) is 0.596. The van der Waals surface area contributed by atoms with Crippen LogP contribution in [0.2, 0.25) is 0 Å². The van der Waals surface area contributed by atoms with Gasteiger partial charge in [0, 0.05) is 10.0 Å². The van der Waals surface area contributed by atoms with Gasteiger partial charge in [-0.2, -0.15) is 4.90 Å². The van der Waals surface area contributed by atoms with E-state index in [4.69, 9.17) is 0 Å². The highest BCUT2D eigenvalue weighted by molar-refractivity contribution is 9.10. The molecule has 4 heteroatoms. The minimum Gasteiger partial charge on any atom is -0.612 e. The summed E-state index contributed by atoms with van der Waals surface area (Å²) in [6.45, 7) is 0. The largest absolute Gasteiger partial charge is 0.612 e. The second kappa shape index (κ2) is 3.39. The molecule has 1 rings (SSSR count). The molecular formula is C7H5BrNO2-. The van der Waals surface area contributed by atoms with Gasteiger partial charge in [0.05, 0.1) is 0 Å². The van der Waals surface area contributed by atoms with Crippen molar-refractivity contribution >= 4 is 22.1 Å². The zero-order chi connectivity index (χ0) is 8.27. The summed E-state index contributed by atoms with van der Waals surface area (Å²) in [5.74, 6) is 0. The Labute approximate surface area is 72.3 Å². The van der Waals surface area contributed by atoms with Crippen LogP contribution in [0.5, 0.6) is 0 Å². The SMILES string of the molecule is [O-][N+]([O-])=Cc1ccc(Br)cc1. The Morgan fingerprint density at radius 3 is 2.18 bits per heavy atom. The Hall–Kier alpha value is -1.03. The van der Waals surface area contributed by atoms with Crippen LogP contribution in [0.1, 0.15) is 5.56 Å². The van der Waals surface area contributed by atoms with Crippen molar-refractivity contribution in [1.29, 1.82) is 0 Å². The highest BCUT2D eigenvalue weighted by Crippen LogP contribution is 2.08. The lowest BCUT2D eigenvalue weighted by molar-refractivity contribution is -0.372. The first-order chi connectivity index (χ1) is 5.18. The molecule has 11 heavy (non-hydrogen) atoms. The summed E-state index contributed by atoms with van der Waals surface area (Å²) >= 11 is 3.23. The molecule has 0 aliphatic rings. The van der Waals surface area contributed by atoms with E-state index in [1.54, 1.807) is 24.3 Å². The number of hydrogen-bond donors (Lipinski definition) is 0. The van der Waals surface area contributed by atoms with Gasteiger partial charge in [-0.25, -0.2) is 0 Å². The standard InChI is InChI=1S/C7H5BrNO2/c8-7-3-1-6(2-4-7)5-9(10)11/h1-5H/q-1. The van der Waals surface area contributed by atoms with Crippen LogP contribution in [-0.4, -0.2) is 11.1 Å². The fourth-order valence-electron chi connectivity index (χ4n) is 0.671. The summed E-state index contributed by atoms with van der Waals surface area (Å²) in [6, 6.07) is 6.87. The van der Waals surface area contributed by atoms with Crippen molar-refractivity contribution in [2.75, 3.05) is 0 Å². The average molecular weight is 215 g/mol. The van der Waals surface area contributed by atoms with Crippen LogP contribution < -0.4 is 0 Å². The minimum atomic E-state index is -0.469. The number of nitrogens with zero attached hydrogens (tertiary/aromatic N) is 1. The van der Waals surface area contributed by atoms with Gasteiger partial charge in [0.15, 0.2) is 6.21 Å². The van der Waals surface area contributed by atoms with Gasteiger partial charge in [-0.15, -0.1) is 0 Å². The van der Waals surface area contributed by atoms with Gasteiger partial charge in [0.1, 0.15) is 0 Å². The zero-order valence-corrected chi connectivity index (χ0v) is 7.11. The van der Waals surface area contributed by atoms with Gasteiger partial charge in [0.2, 0.25) is 0 Å². The van der Waals surface area contributed by atoms with E-state index in [1.807, 2.05) is 0 Å². The van der Waals surface area contributed by atoms with Crippen molar-refractivity contribution in [2.45, 2.75) is 0 Å². The summed E-state index contributed by atoms with van der Waals surface area (Å²) in [4.78, 5) is -0.469. The number of benzene rings is 1. The molecule has 1 aromatic rings. The van der Waals surface area contributed by atoms with Crippen LogP contribution in [0.4, 0.5) is 0 Å². The monoisotopic (exact) mass is 214 g/mol. The van der Waals surface area contributed by atoms with Crippen LogP contribution in [0.15, 0.2) is 28.7 Å². The van der Waals surface area contributed by atoms with Crippen molar-refractivity contribution in [3.05, 3.63) is 44.7 Å². The van der Waals surface area contributed by atoms with Crippen molar-refractivity contribution in [2.24, 2.45) is 0 Å². The first-order valence-electron chi connectivity index (χ1n) is 2.92. The van der Waals surface area contributed by atoms with Crippen molar-refractivity contribution < 1.29 is 4.90 Å². The lowest BCUT2D eigenvalue weighted by Gasteiger charge is -2.01. The maximum atomic E-state index is 9.99. The van der Waals surface area contributed by atoms with E-state index in [9.17, 15) is 10.4 Å². The molecule has 58 valence electrons. The molecule has 1 aromatic carbocycles. The van der Waals surface area contributed by atoms with E-state index >= 15 is 0 Å². The van der Waals surface area contributed by atoms with Crippen LogP contribution in [0, 0.1) is 10.4 Å². The molecule has 0 N–H and O–H groups in total. The second-order valence-corrected chi connectivity index (χ2v) is 2.88. The van der Waals surface area contributed by atoms with E-state index in [-0.39, 0.29) is 0 Å². The maximum Gasteiger partial charge on any atom is 0.193 e. The van der Waals surface area contributed by atoms with E-state index in [2.05, 4.69) is 15.9 Å². The van der Waals surface area contributed by atoms with Gasteiger partial charge in [-0.1, -0.05) is 15.9 Å². The molecule has 0 heterocycles. The van der Waals surface area contributed by atoms with Gasteiger partial charge >= 0.3 is 0 Å². The van der Waals surface area contributed by atoms with Crippen LogP contribution >= 0.6 is 15.9 Å². The van der Waals surface area contributed by atoms with Crippen LogP contribution in [0.25, 0.3) is 0 Å². The second-order valence-electron chi connectivity index (χ2n) is 1.97. The first kappa shape index (κ1) is 8.07. The van der Waals surface area contributed by atoms with E-state index in [1.165, 1.54) is 0 Å². The molecule has 0 aliphatic heterocycles. The summed E-state index contributed by atoms with van der Waals surface area (Å²) in [5, 5.41) is 20.0. The maximum absolute atomic E-state index is 9.99. The average Bonchev–Trinajstić information content (AvgIpc) is 1.93. The number of hydrogen-bond acceptors (Lipinski definition) is 2. The molecule has 0 radical (unpaired) electrons. The summed E-state index contributed by atoms with van der Waals surface area (Å²) in [7, 11) is 0. The first-order valence-corrected chi connectivity index (χ1v) is 3.72. The molecule has 0 amide bonds. The van der Waals surface area contributed by atoms with Crippen molar-refractivity contribution in [3.63, 3.8) is 0 Å². The molecule has 0 aromatic heterocycles. The Morgan fingerprint density at radius 2 is 1.73 bits per heavy atom. The molecule has 0 saturated carbocycles. The van der Waals surface area contributed by atoms with Crippen LogP contribution in [0.3, 0.4) is 0 Å². The lowest BCUT2D eigenvalue weighted by Crippen LogP contribution is -1.94. The third-order valence-corrected chi connectivity index (χ3v) is 1.65. The summed E-state index contributed by atoms with van der Waals surface area (Å²) < 4.78 is 0.915. The van der Waals surface area contributed by atoms with E-state index in [0.717, 1.165) is 10.7 Å². The minimum absolute atomic E-state index is 0.469. The molecular weight excluding hydrogens is 210 g/mol. The number of halogens is 1. The highest BCUT2D eigenvalue weighted by Gasteiger charge is 1.89. The van der Waals surface area contributed by atoms with Crippen molar-refractivity contribution in [1.82, 2.24) is 0 Å². The quantitative estimate of drug-likeness (QED) is 0.408. The Morgan fingerprint density at radius 1 is 1.18 bits per heavy atom. The van der Waals surface area contributed by atoms with Crippen LogP contribution in [-0.2, 0) is 0 Å². The van der Waals surface area contributed by atoms with E-state index < -0.39 is 4.90 Å². The van der Waals surface area contributed by atoms with Gasteiger partial charge < -0.3 is 10.4 Å². The molecule has 0 atom stereocenters. The Balaban J connectivity index is 2.91. The van der Waals surface area contributed by atoms with Gasteiger partial charge in [0.25, 0.3) is 0 Å². The lowest BCUT2D eigenvalue weighted by atomic mass is 10.2. The molecule has 0 saturated heterocycles. The van der Waals surface area contributed by atoms with Crippen molar-refractivity contribution in [3.8, 4) is 0 Å². The Kier molecular flexibility index (Phi) is 2.48. The smallest absolute Gasteiger partial charge is 0.193 e. The topological polar surface area (TPSA) is 49.1 Å². The third-order valence-electron chi connectivity index (χ3n) is 1.12. The third kappa shape index (κ3) is 2.59. The Bertz CT molecular complexity index is 264. The highest BCUT2D eigenvalue weighted by atomic mass is 79.9. The molecule has 0 fully saturated rings. The molecule has 0 unspecified atom stereocenters. The molecule has 0 spiro atoms. The number of rotatable bonds is 1. The fraction of sp³-hybridized carbons (Fsp3) is 0. The predicted molar refractivity (Wildman–Crippen MR) is 46.3 cm³/mol. The zero-order valence-electron chi connectivity index (χ0n) is 5.53. The molecule has 0 aliphatic carbocycles. The van der Waals surface area contributed by atoms with E-state index in [0.29, 0.717) is 5.56 Å². The fourth-order valence-corrected chi connectivity index (χ4v) is 0.935. The molecule has 3 nitrogen and oxygen atoms in total.